The fourth-order valence-electron chi connectivity index (χ4n) is 1.23. The number of aliphatic imine (C=N–C) groups is 1. The second-order valence-electron chi connectivity index (χ2n) is 3.58. The first-order valence-electron chi connectivity index (χ1n) is 6.44. The summed E-state index contributed by atoms with van der Waals surface area (Å²) in [5.74, 6) is 0.793. The number of hydrogen-bond acceptors (Lipinski definition) is 4. The van der Waals surface area contributed by atoms with E-state index in [-0.39, 0.29) is 24.0 Å². The number of ether oxygens (including phenoxy) is 3. The first-order chi connectivity index (χ1) is 8.85. The molecule has 19 heavy (non-hydrogen) atoms. The SMILES string of the molecule is CCOCCCNC(=NC)NCCOCCOC.I. The summed E-state index contributed by atoms with van der Waals surface area (Å²) in [5.41, 5.74) is 0. The lowest BCUT2D eigenvalue weighted by atomic mass is 10.4. The van der Waals surface area contributed by atoms with Gasteiger partial charge in [0, 0.05) is 40.5 Å². The van der Waals surface area contributed by atoms with Gasteiger partial charge in [0.15, 0.2) is 5.96 Å². The van der Waals surface area contributed by atoms with Crippen LogP contribution in [0.25, 0.3) is 0 Å². The van der Waals surface area contributed by atoms with Crippen molar-refractivity contribution in [1.29, 1.82) is 0 Å². The average Bonchev–Trinajstić information content (AvgIpc) is 2.40. The van der Waals surface area contributed by atoms with Gasteiger partial charge >= 0.3 is 0 Å². The predicted octanol–water partition coefficient (Wildman–Crippen LogP) is 0.859. The van der Waals surface area contributed by atoms with Crippen LogP contribution in [0.3, 0.4) is 0 Å². The normalized spacial score (nSPS) is 11.0. The summed E-state index contributed by atoms with van der Waals surface area (Å²) in [7, 11) is 3.42. The van der Waals surface area contributed by atoms with Crippen LogP contribution in [0.4, 0.5) is 0 Å². The van der Waals surface area contributed by atoms with Crippen LogP contribution in [0.5, 0.6) is 0 Å². The summed E-state index contributed by atoms with van der Waals surface area (Å²) in [5, 5.41) is 6.38. The Labute approximate surface area is 133 Å². The van der Waals surface area contributed by atoms with Crippen LogP contribution >= 0.6 is 24.0 Å². The third kappa shape index (κ3) is 15.8. The van der Waals surface area contributed by atoms with E-state index in [9.17, 15) is 0 Å². The maximum Gasteiger partial charge on any atom is 0.191 e. The number of rotatable bonds is 11. The average molecular weight is 389 g/mol. The molecule has 7 heteroatoms. The molecule has 0 spiro atoms. The zero-order valence-corrected chi connectivity index (χ0v) is 14.6. The Morgan fingerprint density at radius 2 is 1.74 bits per heavy atom. The molecular formula is C12H28IN3O3. The predicted molar refractivity (Wildman–Crippen MR) is 88.6 cm³/mol. The maximum absolute atomic E-state index is 5.34. The van der Waals surface area contributed by atoms with E-state index in [2.05, 4.69) is 15.6 Å². The molecule has 0 aromatic carbocycles. The first-order valence-corrected chi connectivity index (χ1v) is 6.44. The van der Waals surface area contributed by atoms with Crippen molar-refractivity contribution in [2.24, 2.45) is 4.99 Å². The molecule has 0 aliphatic heterocycles. The van der Waals surface area contributed by atoms with Crippen LogP contribution in [0.15, 0.2) is 4.99 Å². The first kappa shape index (κ1) is 21.2. The van der Waals surface area contributed by atoms with Gasteiger partial charge in [0.2, 0.25) is 0 Å². The van der Waals surface area contributed by atoms with Gasteiger partial charge in [-0.15, -0.1) is 24.0 Å². The Bertz CT molecular complexity index is 207. The Kier molecular flexibility index (Phi) is 19.9. The molecule has 0 heterocycles. The van der Waals surface area contributed by atoms with Crippen LogP contribution in [0.1, 0.15) is 13.3 Å². The number of nitrogens with one attached hydrogen (secondary N) is 2. The van der Waals surface area contributed by atoms with Crippen LogP contribution < -0.4 is 10.6 Å². The van der Waals surface area contributed by atoms with Gasteiger partial charge in [-0.25, -0.2) is 0 Å². The zero-order chi connectivity index (χ0) is 13.5. The standard InChI is InChI=1S/C12H27N3O3.HI/c1-4-17-8-5-6-14-12(13-2)15-7-9-18-11-10-16-3;/h4-11H2,1-3H3,(H2,13,14,15);1H. The number of guanidine groups is 1. The second kappa shape index (κ2) is 17.9. The summed E-state index contributed by atoms with van der Waals surface area (Å²) >= 11 is 0. The molecule has 0 saturated heterocycles. The summed E-state index contributed by atoms with van der Waals surface area (Å²) in [6.45, 7) is 7.02. The van der Waals surface area contributed by atoms with E-state index >= 15 is 0 Å². The molecule has 0 aromatic rings. The Morgan fingerprint density at radius 3 is 2.37 bits per heavy atom. The van der Waals surface area contributed by atoms with Crippen molar-refractivity contribution < 1.29 is 14.2 Å². The minimum Gasteiger partial charge on any atom is -0.382 e. The molecule has 0 radical (unpaired) electrons. The second-order valence-corrected chi connectivity index (χ2v) is 3.58. The molecule has 2 N–H and O–H groups in total. The summed E-state index contributed by atoms with van der Waals surface area (Å²) in [6, 6.07) is 0. The van der Waals surface area contributed by atoms with Gasteiger partial charge in [-0.3, -0.25) is 4.99 Å². The van der Waals surface area contributed by atoms with Crippen LogP contribution in [-0.2, 0) is 14.2 Å². The number of hydrogen-bond donors (Lipinski definition) is 2. The molecule has 0 unspecified atom stereocenters. The zero-order valence-electron chi connectivity index (χ0n) is 12.2. The lowest BCUT2D eigenvalue weighted by molar-refractivity contribution is 0.0733. The molecule has 0 aromatic heterocycles. The van der Waals surface area contributed by atoms with Gasteiger partial charge in [-0.2, -0.15) is 0 Å². The van der Waals surface area contributed by atoms with Gasteiger partial charge < -0.3 is 24.8 Å². The van der Waals surface area contributed by atoms with E-state index in [1.54, 1.807) is 14.2 Å². The van der Waals surface area contributed by atoms with Gasteiger partial charge in [0.25, 0.3) is 0 Å². The summed E-state index contributed by atoms with van der Waals surface area (Å²) < 4.78 is 15.5. The molecule has 0 bridgehead atoms. The minimum absolute atomic E-state index is 0. The molecule has 0 aliphatic rings. The highest BCUT2D eigenvalue weighted by atomic mass is 127. The van der Waals surface area contributed by atoms with Crippen LogP contribution in [-0.4, -0.2) is 66.2 Å². The van der Waals surface area contributed by atoms with Crippen molar-refractivity contribution in [2.75, 3.05) is 60.3 Å². The Balaban J connectivity index is 0. The molecule has 116 valence electrons. The topological polar surface area (TPSA) is 64.1 Å². The summed E-state index contributed by atoms with van der Waals surface area (Å²) in [6.07, 6.45) is 0.971. The Morgan fingerprint density at radius 1 is 1.00 bits per heavy atom. The minimum atomic E-state index is 0. The Hall–Kier alpha value is -0.120. The van der Waals surface area contributed by atoms with Crippen molar-refractivity contribution in [2.45, 2.75) is 13.3 Å². The quantitative estimate of drug-likeness (QED) is 0.238. The molecule has 0 amide bonds. The third-order valence-corrected chi connectivity index (χ3v) is 2.16. The number of methoxy groups -OCH3 is 1. The van der Waals surface area contributed by atoms with E-state index in [0.29, 0.717) is 19.8 Å². The number of nitrogens with zero attached hydrogens (tertiary/aromatic N) is 1. The highest BCUT2D eigenvalue weighted by Gasteiger charge is 1.96. The third-order valence-electron chi connectivity index (χ3n) is 2.16. The van der Waals surface area contributed by atoms with E-state index in [1.807, 2.05) is 6.92 Å². The monoisotopic (exact) mass is 389 g/mol. The van der Waals surface area contributed by atoms with E-state index in [4.69, 9.17) is 14.2 Å². The van der Waals surface area contributed by atoms with Crippen molar-refractivity contribution in [3.63, 3.8) is 0 Å². The molecular weight excluding hydrogens is 361 g/mol. The van der Waals surface area contributed by atoms with E-state index in [1.165, 1.54) is 0 Å². The van der Waals surface area contributed by atoms with Gasteiger partial charge in [0.1, 0.15) is 0 Å². The fraction of sp³-hybridized carbons (Fsp3) is 0.917. The number of halogens is 1. The van der Waals surface area contributed by atoms with Crippen molar-refractivity contribution in [3.8, 4) is 0 Å². The smallest absolute Gasteiger partial charge is 0.191 e. The molecule has 0 fully saturated rings. The van der Waals surface area contributed by atoms with Gasteiger partial charge in [-0.1, -0.05) is 0 Å². The molecule has 0 saturated carbocycles. The highest BCUT2D eigenvalue weighted by molar-refractivity contribution is 14.0. The van der Waals surface area contributed by atoms with E-state index in [0.717, 1.165) is 38.7 Å². The lowest BCUT2D eigenvalue weighted by Crippen LogP contribution is -2.39. The van der Waals surface area contributed by atoms with E-state index < -0.39 is 0 Å². The van der Waals surface area contributed by atoms with Gasteiger partial charge in [0.05, 0.1) is 19.8 Å². The van der Waals surface area contributed by atoms with Crippen molar-refractivity contribution in [1.82, 2.24) is 10.6 Å². The molecule has 0 atom stereocenters. The molecule has 0 rings (SSSR count). The van der Waals surface area contributed by atoms with Crippen molar-refractivity contribution >= 4 is 29.9 Å². The largest absolute Gasteiger partial charge is 0.382 e. The molecule has 6 nitrogen and oxygen atoms in total. The van der Waals surface area contributed by atoms with Crippen molar-refractivity contribution in [3.05, 3.63) is 0 Å². The van der Waals surface area contributed by atoms with Gasteiger partial charge in [-0.05, 0) is 13.3 Å². The fourth-order valence-corrected chi connectivity index (χ4v) is 1.23. The molecule has 0 aliphatic carbocycles. The van der Waals surface area contributed by atoms with Crippen LogP contribution in [0, 0.1) is 0 Å². The maximum atomic E-state index is 5.34. The summed E-state index contributed by atoms with van der Waals surface area (Å²) in [4.78, 5) is 4.11. The van der Waals surface area contributed by atoms with Crippen LogP contribution in [0.2, 0.25) is 0 Å². The lowest BCUT2D eigenvalue weighted by Gasteiger charge is -2.11. The highest BCUT2D eigenvalue weighted by Crippen LogP contribution is 1.80.